The average Bonchev–Trinajstić information content (AvgIpc) is 2.27. The number of aromatic nitrogens is 1. The van der Waals surface area contributed by atoms with Crippen molar-refractivity contribution in [3.05, 3.63) is 29.6 Å². The first-order chi connectivity index (χ1) is 8.70. The number of carbonyl (C=O) groups excluding carboxylic acids is 2. The molecule has 0 spiro atoms. The van der Waals surface area contributed by atoms with E-state index in [0.717, 1.165) is 12.0 Å². The van der Waals surface area contributed by atoms with Crippen LogP contribution in [0.4, 0.5) is 13.2 Å². The van der Waals surface area contributed by atoms with Gasteiger partial charge in [0, 0.05) is 6.20 Å². The van der Waals surface area contributed by atoms with Crippen molar-refractivity contribution in [2.45, 2.75) is 32.9 Å². The summed E-state index contributed by atoms with van der Waals surface area (Å²) in [6, 6.07) is 2.99. The summed E-state index contributed by atoms with van der Waals surface area (Å²) >= 11 is 0. The number of nitrogens with zero attached hydrogens (tertiary/aromatic N) is 1. The van der Waals surface area contributed by atoms with E-state index in [1.165, 1.54) is 12.3 Å². The van der Waals surface area contributed by atoms with Crippen LogP contribution in [-0.2, 0) is 11.2 Å². The van der Waals surface area contributed by atoms with Crippen LogP contribution in [-0.4, -0.2) is 22.7 Å². The minimum Gasteiger partial charge on any atom is -0.292 e. The molecule has 0 aliphatic rings. The van der Waals surface area contributed by atoms with Crippen LogP contribution in [0.3, 0.4) is 0 Å². The van der Waals surface area contributed by atoms with Crippen molar-refractivity contribution in [2.24, 2.45) is 5.92 Å². The summed E-state index contributed by atoms with van der Waals surface area (Å²) in [5.41, 5.74) is 0.777. The molecule has 0 aliphatic carbocycles. The fourth-order valence-corrected chi connectivity index (χ4v) is 1.52. The first kappa shape index (κ1) is 15.3. The Hall–Kier alpha value is -1.72. The van der Waals surface area contributed by atoms with Gasteiger partial charge in [-0.2, -0.15) is 13.2 Å². The number of ketones is 2. The largest absolute Gasteiger partial charge is 0.450 e. The number of hydrogen-bond acceptors (Lipinski definition) is 3. The predicted octanol–water partition coefficient (Wildman–Crippen LogP) is 2.98. The van der Waals surface area contributed by atoms with Crippen LogP contribution in [0.25, 0.3) is 0 Å². The Morgan fingerprint density at radius 3 is 2.32 bits per heavy atom. The van der Waals surface area contributed by atoms with Gasteiger partial charge in [-0.15, -0.1) is 0 Å². The molecule has 0 aliphatic heterocycles. The molecule has 0 radical (unpaired) electrons. The lowest BCUT2D eigenvalue weighted by molar-refractivity contribution is -0.170. The van der Waals surface area contributed by atoms with E-state index in [-0.39, 0.29) is 5.69 Å². The van der Waals surface area contributed by atoms with Crippen LogP contribution in [0.1, 0.15) is 36.3 Å². The Balaban J connectivity index is 2.71. The molecular weight excluding hydrogens is 259 g/mol. The van der Waals surface area contributed by atoms with Crippen LogP contribution in [0.2, 0.25) is 0 Å². The molecule has 104 valence electrons. The van der Waals surface area contributed by atoms with E-state index in [2.05, 4.69) is 4.98 Å². The first-order valence-corrected chi connectivity index (χ1v) is 5.78. The quantitative estimate of drug-likeness (QED) is 0.612. The van der Waals surface area contributed by atoms with Gasteiger partial charge in [0.25, 0.3) is 0 Å². The van der Waals surface area contributed by atoms with Gasteiger partial charge in [-0.25, -0.2) is 0 Å². The summed E-state index contributed by atoms with van der Waals surface area (Å²) in [5.74, 6) is -2.56. The van der Waals surface area contributed by atoms with E-state index < -0.39 is 24.2 Å². The Labute approximate surface area is 108 Å². The zero-order valence-electron chi connectivity index (χ0n) is 10.6. The van der Waals surface area contributed by atoms with Gasteiger partial charge in [-0.3, -0.25) is 14.6 Å². The molecule has 0 saturated heterocycles. The fraction of sp³-hybridized carbons (Fsp3) is 0.462. The summed E-state index contributed by atoms with van der Waals surface area (Å²) in [6.07, 6.45) is -3.96. The molecule has 0 fully saturated rings. The fourth-order valence-electron chi connectivity index (χ4n) is 1.52. The Morgan fingerprint density at radius 2 is 1.89 bits per heavy atom. The third-order valence-electron chi connectivity index (χ3n) is 2.39. The van der Waals surface area contributed by atoms with Crippen molar-refractivity contribution in [2.75, 3.05) is 0 Å². The highest BCUT2D eigenvalue weighted by atomic mass is 19.4. The van der Waals surface area contributed by atoms with E-state index in [1.807, 2.05) is 13.8 Å². The van der Waals surface area contributed by atoms with Crippen LogP contribution >= 0.6 is 0 Å². The second-order valence-corrected chi connectivity index (χ2v) is 4.67. The van der Waals surface area contributed by atoms with Crippen molar-refractivity contribution in [1.29, 1.82) is 0 Å². The second-order valence-electron chi connectivity index (χ2n) is 4.67. The molecular formula is C13H14F3NO2. The molecule has 0 atom stereocenters. The SMILES string of the molecule is CC(C)Cc1ccc(C(=O)CC(=O)C(F)(F)F)nc1. The highest BCUT2D eigenvalue weighted by Gasteiger charge is 2.39. The van der Waals surface area contributed by atoms with Crippen LogP contribution in [0.15, 0.2) is 18.3 Å². The van der Waals surface area contributed by atoms with Gasteiger partial charge in [0.1, 0.15) is 5.69 Å². The highest BCUT2D eigenvalue weighted by Crippen LogP contribution is 2.19. The second kappa shape index (κ2) is 5.95. The maximum Gasteiger partial charge on any atom is 0.450 e. The van der Waals surface area contributed by atoms with Gasteiger partial charge >= 0.3 is 6.18 Å². The molecule has 1 rings (SSSR count). The zero-order valence-corrected chi connectivity index (χ0v) is 10.6. The van der Waals surface area contributed by atoms with E-state index in [0.29, 0.717) is 5.92 Å². The van der Waals surface area contributed by atoms with Crippen molar-refractivity contribution in [3.63, 3.8) is 0 Å². The number of carbonyl (C=O) groups is 2. The lowest BCUT2D eigenvalue weighted by atomic mass is 10.0. The Morgan fingerprint density at radius 1 is 1.26 bits per heavy atom. The third kappa shape index (κ3) is 4.81. The number of Topliss-reactive ketones (excluding diaryl/α,β-unsaturated/α-hetero) is 2. The normalized spacial score (nSPS) is 11.7. The number of halogens is 3. The van der Waals surface area contributed by atoms with E-state index >= 15 is 0 Å². The smallest absolute Gasteiger partial charge is 0.292 e. The molecule has 0 amide bonds. The van der Waals surface area contributed by atoms with Crippen molar-refractivity contribution in [3.8, 4) is 0 Å². The van der Waals surface area contributed by atoms with Gasteiger partial charge in [0.2, 0.25) is 5.78 Å². The number of hydrogen-bond donors (Lipinski definition) is 0. The van der Waals surface area contributed by atoms with Crippen LogP contribution < -0.4 is 0 Å². The summed E-state index contributed by atoms with van der Waals surface area (Å²) in [7, 11) is 0. The molecule has 1 aromatic rings. The number of pyridine rings is 1. The van der Waals surface area contributed by atoms with Gasteiger partial charge in [-0.05, 0) is 24.0 Å². The minimum atomic E-state index is -4.98. The molecule has 3 nitrogen and oxygen atoms in total. The average molecular weight is 273 g/mol. The van der Waals surface area contributed by atoms with E-state index in [4.69, 9.17) is 0 Å². The predicted molar refractivity (Wildman–Crippen MR) is 62.8 cm³/mol. The molecule has 19 heavy (non-hydrogen) atoms. The van der Waals surface area contributed by atoms with Gasteiger partial charge in [0.15, 0.2) is 5.78 Å². The summed E-state index contributed by atoms with van der Waals surface area (Å²) in [5, 5.41) is 0. The maximum absolute atomic E-state index is 12.0. The van der Waals surface area contributed by atoms with Gasteiger partial charge in [0.05, 0.1) is 6.42 Å². The van der Waals surface area contributed by atoms with E-state index in [1.54, 1.807) is 6.07 Å². The number of alkyl halides is 3. The molecule has 1 aromatic heterocycles. The van der Waals surface area contributed by atoms with Gasteiger partial charge in [-0.1, -0.05) is 19.9 Å². The molecule has 0 aromatic carbocycles. The minimum absolute atomic E-state index is 0.120. The Bertz CT molecular complexity index is 464. The molecule has 0 N–H and O–H groups in total. The van der Waals surface area contributed by atoms with Crippen molar-refractivity contribution in [1.82, 2.24) is 4.98 Å². The molecule has 0 unspecified atom stereocenters. The maximum atomic E-state index is 12.0. The highest BCUT2D eigenvalue weighted by molar-refractivity contribution is 6.08. The van der Waals surface area contributed by atoms with E-state index in [9.17, 15) is 22.8 Å². The molecule has 0 bridgehead atoms. The summed E-state index contributed by atoms with van der Waals surface area (Å²) < 4.78 is 36.0. The Kier molecular flexibility index (Phi) is 4.80. The first-order valence-electron chi connectivity index (χ1n) is 5.78. The van der Waals surface area contributed by atoms with Crippen LogP contribution in [0, 0.1) is 5.92 Å². The molecule has 0 saturated carbocycles. The van der Waals surface area contributed by atoms with Crippen molar-refractivity contribution < 1.29 is 22.8 Å². The standard InChI is InChI=1S/C13H14F3NO2/c1-8(2)5-9-3-4-10(17-7-9)11(18)6-12(19)13(14,15)16/h3-4,7-8H,5-6H2,1-2H3. The molecule has 1 heterocycles. The monoisotopic (exact) mass is 273 g/mol. The molecule has 6 heteroatoms. The summed E-state index contributed by atoms with van der Waals surface area (Å²) in [6.45, 7) is 4.03. The van der Waals surface area contributed by atoms with Crippen LogP contribution in [0.5, 0.6) is 0 Å². The van der Waals surface area contributed by atoms with Gasteiger partial charge < -0.3 is 0 Å². The lowest BCUT2D eigenvalue weighted by Gasteiger charge is -2.06. The lowest BCUT2D eigenvalue weighted by Crippen LogP contribution is -2.25. The third-order valence-corrected chi connectivity index (χ3v) is 2.39. The van der Waals surface area contributed by atoms with Crippen molar-refractivity contribution >= 4 is 11.6 Å². The zero-order chi connectivity index (χ0) is 14.6. The summed E-state index contributed by atoms with van der Waals surface area (Å²) in [4.78, 5) is 25.9. The number of rotatable bonds is 5. The topological polar surface area (TPSA) is 47.0 Å².